The number of ether oxygens (including phenoxy) is 1. The van der Waals surface area contributed by atoms with Gasteiger partial charge in [-0.25, -0.2) is 4.79 Å². The van der Waals surface area contributed by atoms with Crippen LogP contribution in [0.4, 0.5) is 11.4 Å². The van der Waals surface area contributed by atoms with Crippen molar-refractivity contribution in [3.05, 3.63) is 33.9 Å². The average molecular weight is 410 g/mol. The van der Waals surface area contributed by atoms with Crippen molar-refractivity contribution in [2.75, 3.05) is 37.1 Å². The molecule has 1 heterocycles. The number of esters is 1. The van der Waals surface area contributed by atoms with Gasteiger partial charge in [0.1, 0.15) is 11.7 Å². The molecule has 1 fully saturated rings. The summed E-state index contributed by atoms with van der Waals surface area (Å²) in [5.74, 6) is -0.381. The van der Waals surface area contributed by atoms with Gasteiger partial charge in [-0.1, -0.05) is 12.8 Å². The Bertz CT molecular complexity index is 705. The van der Waals surface area contributed by atoms with Crippen molar-refractivity contribution in [3.8, 4) is 0 Å². The zero-order valence-corrected chi connectivity index (χ0v) is 17.1. The maximum atomic E-state index is 12.6. The number of nitrogens with one attached hydrogen (secondary N) is 1. The molecule has 28 heavy (non-hydrogen) atoms. The summed E-state index contributed by atoms with van der Waals surface area (Å²) in [4.78, 5) is 37.7. The molecule has 0 saturated carbocycles. The van der Waals surface area contributed by atoms with E-state index in [2.05, 4.69) is 5.32 Å². The summed E-state index contributed by atoms with van der Waals surface area (Å²) >= 11 is 1.55. The largest absolute Gasteiger partial charge is 0.467 e. The number of nitro benzene ring substituents is 1. The van der Waals surface area contributed by atoms with Crippen LogP contribution in [-0.2, 0) is 9.53 Å². The first-order valence-corrected chi connectivity index (χ1v) is 10.8. The van der Waals surface area contributed by atoms with Crippen LogP contribution in [0.3, 0.4) is 0 Å². The number of carbonyl (C=O) groups excluding carboxylic acids is 2. The molecular formula is C19H27N3O5S. The summed E-state index contributed by atoms with van der Waals surface area (Å²) in [6, 6.07) is 3.71. The van der Waals surface area contributed by atoms with E-state index in [0.717, 1.165) is 38.8 Å². The number of rotatable bonds is 8. The van der Waals surface area contributed by atoms with Crippen LogP contribution in [0.25, 0.3) is 0 Å². The summed E-state index contributed by atoms with van der Waals surface area (Å²) < 4.78 is 4.74. The van der Waals surface area contributed by atoms with Crippen LogP contribution in [0, 0.1) is 10.1 Å². The van der Waals surface area contributed by atoms with Gasteiger partial charge in [-0.15, -0.1) is 0 Å². The standard InChI is InChI=1S/C19H27N3O5S/c1-27-19(24)15(9-12-28-2)20-18(23)14-7-8-16(17(13-14)22(25)26)21-10-5-3-4-6-11-21/h7-8,13,15H,3-6,9-12H2,1-2H3,(H,20,23)/t15-/m0/s1. The SMILES string of the molecule is COC(=O)[C@H](CCSC)NC(=O)c1ccc(N2CCCCCC2)c([N+](=O)[O-])c1. The molecule has 0 aromatic heterocycles. The third kappa shape index (κ3) is 5.85. The molecule has 1 aromatic carbocycles. The lowest BCUT2D eigenvalue weighted by Gasteiger charge is -2.22. The molecular weight excluding hydrogens is 382 g/mol. The quantitative estimate of drug-likeness (QED) is 0.400. The Morgan fingerprint density at radius 2 is 1.96 bits per heavy atom. The summed E-state index contributed by atoms with van der Waals surface area (Å²) in [6.07, 6.45) is 6.56. The highest BCUT2D eigenvalue weighted by atomic mass is 32.2. The molecule has 154 valence electrons. The molecule has 1 aliphatic rings. The van der Waals surface area contributed by atoms with Gasteiger partial charge in [0.05, 0.1) is 12.0 Å². The van der Waals surface area contributed by atoms with Crippen LogP contribution in [0.1, 0.15) is 42.5 Å². The molecule has 0 bridgehead atoms. The van der Waals surface area contributed by atoms with Gasteiger partial charge < -0.3 is 15.0 Å². The second kappa shape index (κ2) is 10.9. The summed E-state index contributed by atoms with van der Waals surface area (Å²) in [5, 5.41) is 14.2. The number of anilines is 1. The van der Waals surface area contributed by atoms with E-state index < -0.39 is 22.8 Å². The lowest BCUT2D eigenvalue weighted by atomic mass is 10.1. The van der Waals surface area contributed by atoms with Crippen LogP contribution >= 0.6 is 11.8 Å². The first-order valence-electron chi connectivity index (χ1n) is 9.39. The van der Waals surface area contributed by atoms with Crippen molar-refractivity contribution >= 4 is 35.0 Å². The Morgan fingerprint density at radius 1 is 1.29 bits per heavy atom. The Balaban J connectivity index is 2.22. The van der Waals surface area contributed by atoms with Crippen LogP contribution in [0.15, 0.2) is 18.2 Å². The number of hydrogen-bond donors (Lipinski definition) is 1. The van der Waals surface area contributed by atoms with Crippen LogP contribution in [-0.4, -0.2) is 55.0 Å². The van der Waals surface area contributed by atoms with Gasteiger partial charge in [0.25, 0.3) is 11.6 Å². The lowest BCUT2D eigenvalue weighted by Crippen LogP contribution is -2.42. The number of hydrogen-bond acceptors (Lipinski definition) is 7. The summed E-state index contributed by atoms with van der Waals surface area (Å²) in [7, 11) is 1.27. The van der Waals surface area contributed by atoms with Gasteiger partial charge in [0, 0.05) is 24.7 Å². The fraction of sp³-hybridized carbons (Fsp3) is 0.579. The highest BCUT2D eigenvalue weighted by Crippen LogP contribution is 2.31. The van der Waals surface area contributed by atoms with Crippen molar-refractivity contribution in [2.24, 2.45) is 0 Å². The Hall–Kier alpha value is -2.29. The van der Waals surface area contributed by atoms with E-state index in [-0.39, 0.29) is 11.3 Å². The zero-order chi connectivity index (χ0) is 20.5. The number of thioether (sulfide) groups is 1. The Morgan fingerprint density at radius 3 is 2.54 bits per heavy atom. The summed E-state index contributed by atoms with van der Waals surface area (Å²) in [5.41, 5.74) is 0.604. The van der Waals surface area contributed by atoms with Crippen LogP contribution in [0.2, 0.25) is 0 Å². The Kier molecular flexibility index (Phi) is 8.56. The van der Waals surface area contributed by atoms with Gasteiger partial charge >= 0.3 is 5.97 Å². The number of nitrogens with zero attached hydrogens (tertiary/aromatic N) is 2. The van der Waals surface area contributed by atoms with E-state index in [1.165, 1.54) is 13.2 Å². The van der Waals surface area contributed by atoms with Gasteiger partial charge in [-0.2, -0.15) is 11.8 Å². The molecule has 8 nitrogen and oxygen atoms in total. The molecule has 1 atom stereocenters. The average Bonchev–Trinajstić information content (AvgIpc) is 2.99. The van der Waals surface area contributed by atoms with Crippen molar-refractivity contribution in [3.63, 3.8) is 0 Å². The molecule has 9 heteroatoms. The number of amides is 1. The van der Waals surface area contributed by atoms with E-state index in [9.17, 15) is 19.7 Å². The minimum Gasteiger partial charge on any atom is -0.467 e. The normalized spacial score (nSPS) is 15.4. The van der Waals surface area contributed by atoms with Crippen molar-refractivity contribution in [1.82, 2.24) is 5.32 Å². The third-order valence-corrected chi connectivity index (χ3v) is 5.43. The number of carbonyl (C=O) groups is 2. The lowest BCUT2D eigenvalue weighted by molar-refractivity contribution is -0.384. The maximum Gasteiger partial charge on any atom is 0.328 e. The predicted octanol–water partition coefficient (Wildman–Crippen LogP) is 3.00. The molecule has 0 radical (unpaired) electrons. The predicted molar refractivity (Wildman–Crippen MR) is 110 cm³/mol. The van der Waals surface area contributed by atoms with Crippen molar-refractivity contribution in [2.45, 2.75) is 38.1 Å². The number of methoxy groups -OCH3 is 1. The topological polar surface area (TPSA) is 102 Å². The van der Waals surface area contributed by atoms with E-state index in [0.29, 0.717) is 17.9 Å². The van der Waals surface area contributed by atoms with Gasteiger partial charge in [0.2, 0.25) is 0 Å². The monoisotopic (exact) mass is 409 g/mol. The Labute approximate surface area is 169 Å². The first kappa shape index (κ1) is 22.0. The molecule has 0 unspecified atom stereocenters. The van der Waals surface area contributed by atoms with E-state index in [1.807, 2.05) is 11.2 Å². The molecule has 0 aliphatic carbocycles. The van der Waals surface area contributed by atoms with Crippen LogP contribution in [0.5, 0.6) is 0 Å². The van der Waals surface area contributed by atoms with Gasteiger partial charge in [-0.3, -0.25) is 14.9 Å². The smallest absolute Gasteiger partial charge is 0.328 e. The summed E-state index contributed by atoms with van der Waals surface area (Å²) in [6.45, 7) is 1.54. The molecule has 0 spiro atoms. The minimum absolute atomic E-state index is 0.0896. The molecule has 1 saturated heterocycles. The van der Waals surface area contributed by atoms with Crippen LogP contribution < -0.4 is 10.2 Å². The van der Waals surface area contributed by atoms with Gasteiger partial charge in [-0.05, 0) is 43.4 Å². The fourth-order valence-electron chi connectivity index (χ4n) is 3.26. The molecule has 1 aliphatic heterocycles. The van der Waals surface area contributed by atoms with Gasteiger partial charge in [0.15, 0.2) is 0 Å². The molecule has 1 amide bonds. The fourth-order valence-corrected chi connectivity index (χ4v) is 3.73. The number of nitro groups is 1. The highest BCUT2D eigenvalue weighted by Gasteiger charge is 2.25. The molecule has 2 rings (SSSR count). The first-order chi connectivity index (χ1) is 13.5. The van der Waals surface area contributed by atoms with E-state index in [1.54, 1.807) is 23.9 Å². The van der Waals surface area contributed by atoms with Crippen molar-refractivity contribution in [1.29, 1.82) is 0 Å². The van der Waals surface area contributed by atoms with E-state index in [4.69, 9.17) is 4.74 Å². The second-order valence-corrected chi connectivity index (χ2v) is 7.68. The number of benzene rings is 1. The molecule has 1 N–H and O–H groups in total. The maximum absolute atomic E-state index is 12.6. The highest BCUT2D eigenvalue weighted by molar-refractivity contribution is 7.98. The minimum atomic E-state index is -0.783. The van der Waals surface area contributed by atoms with E-state index >= 15 is 0 Å². The molecule has 1 aromatic rings. The van der Waals surface area contributed by atoms with Crippen molar-refractivity contribution < 1.29 is 19.2 Å². The third-order valence-electron chi connectivity index (χ3n) is 4.78. The second-order valence-electron chi connectivity index (χ2n) is 6.69. The zero-order valence-electron chi connectivity index (χ0n) is 16.3.